The van der Waals surface area contributed by atoms with Crippen LogP contribution in [0.15, 0.2) is 36.7 Å². The first-order valence-corrected chi connectivity index (χ1v) is 8.72. The molecule has 3 aromatic rings. The van der Waals surface area contributed by atoms with Gasteiger partial charge in [-0.25, -0.2) is 13.9 Å². The maximum absolute atomic E-state index is 13.4. The van der Waals surface area contributed by atoms with Crippen LogP contribution in [0.3, 0.4) is 0 Å². The molecule has 1 aromatic carbocycles. The fraction of sp³-hybridized carbons (Fsp3) is 0.333. The summed E-state index contributed by atoms with van der Waals surface area (Å²) in [5, 5.41) is 17.4. The lowest BCUT2D eigenvalue weighted by atomic mass is 9.93. The smallest absolute Gasteiger partial charge is 0.165 e. The molecule has 2 heterocycles. The minimum absolute atomic E-state index is 0.0758. The molecule has 0 bridgehead atoms. The molecule has 7 heteroatoms. The Labute approximate surface area is 149 Å². The van der Waals surface area contributed by atoms with E-state index >= 15 is 0 Å². The van der Waals surface area contributed by atoms with Crippen LogP contribution in [0.5, 0.6) is 0 Å². The highest BCUT2D eigenvalue weighted by atomic mass is 35.5. The summed E-state index contributed by atoms with van der Waals surface area (Å²) in [6.07, 6.45) is 6.83. The van der Waals surface area contributed by atoms with Crippen LogP contribution in [0.1, 0.15) is 25.7 Å². The van der Waals surface area contributed by atoms with Gasteiger partial charge in [-0.05, 0) is 49.4 Å². The first-order valence-electron chi connectivity index (χ1n) is 8.34. The van der Waals surface area contributed by atoms with E-state index in [-0.39, 0.29) is 11.1 Å². The Morgan fingerprint density at radius 2 is 2.00 bits per heavy atom. The molecule has 2 aromatic heterocycles. The van der Waals surface area contributed by atoms with Crippen LogP contribution < -0.4 is 5.32 Å². The number of hydrogen-bond acceptors (Lipinski definition) is 4. The third-order valence-electron chi connectivity index (χ3n) is 4.65. The van der Waals surface area contributed by atoms with Gasteiger partial charge in [-0.15, -0.1) is 0 Å². The van der Waals surface area contributed by atoms with Gasteiger partial charge in [-0.1, -0.05) is 17.7 Å². The number of nitrogens with one attached hydrogen (secondary N) is 1. The fourth-order valence-corrected chi connectivity index (χ4v) is 3.43. The Hall–Kier alpha value is -2.18. The Balaban J connectivity index is 1.64. The summed E-state index contributed by atoms with van der Waals surface area (Å²) in [6.45, 7) is 0. The molecule has 0 atom stereocenters. The number of aliphatic hydroxyl groups is 1. The Kier molecular flexibility index (Phi) is 4.31. The molecule has 0 saturated heterocycles. The minimum Gasteiger partial charge on any atom is -0.393 e. The van der Waals surface area contributed by atoms with Crippen molar-refractivity contribution >= 4 is 23.1 Å². The summed E-state index contributed by atoms with van der Waals surface area (Å²) in [4.78, 5) is 4.67. The molecular weight excluding hydrogens is 343 g/mol. The molecule has 4 rings (SSSR count). The summed E-state index contributed by atoms with van der Waals surface area (Å²) in [7, 11) is 0. The molecule has 25 heavy (non-hydrogen) atoms. The lowest BCUT2D eigenvalue weighted by Crippen LogP contribution is -2.28. The van der Waals surface area contributed by atoms with Crippen molar-refractivity contribution in [1.82, 2.24) is 14.6 Å². The minimum atomic E-state index is -0.448. The van der Waals surface area contributed by atoms with Crippen molar-refractivity contribution in [3.05, 3.63) is 47.5 Å². The zero-order valence-electron chi connectivity index (χ0n) is 13.5. The van der Waals surface area contributed by atoms with Crippen molar-refractivity contribution in [3.63, 3.8) is 0 Å². The molecule has 2 N–H and O–H groups in total. The second kappa shape index (κ2) is 6.61. The van der Waals surface area contributed by atoms with Gasteiger partial charge in [-0.2, -0.15) is 5.10 Å². The Morgan fingerprint density at radius 3 is 2.76 bits per heavy atom. The number of nitrogens with zero attached hydrogens (tertiary/aromatic N) is 3. The number of aromatic nitrogens is 3. The van der Waals surface area contributed by atoms with Crippen LogP contribution >= 0.6 is 11.6 Å². The molecule has 0 amide bonds. The lowest BCUT2D eigenvalue weighted by Gasteiger charge is -2.26. The van der Waals surface area contributed by atoms with Crippen molar-refractivity contribution < 1.29 is 9.50 Å². The maximum Gasteiger partial charge on any atom is 0.165 e. The van der Waals surface area contributed by atoms with Crippen LogP contribution in [-0.4, -0.2) is 31.9 Å². The van der Waals surface area contributed by atoms with Crippen molar-refractivity contribution in [2.45, 2.75) is 37.8 Å². The lowest BCUT2D eigenvalue weighted by molar-refractivity contribution is 0.126. The largest absolute Gasteiger partial charge is 0.393 e. The molecule has 5 nitrogen and oxygen atoms in total. The van der Waals surface area contributed by atoms with Crippen LogP contribution in [-0.2, 0) is 0 Å². The SMILES string of the molecule is OC1CCC(Nc2ccn3ncc(-c4ccc(F)c(Cl)c4)c3n2)CC1. The second-order valence-corrected chi connectivity index (χ2v) is 6.83. The molecule has 1 aliphatic rings. The summed E-state index contributed by atoms with van der Waals surface area (Å²) < 4.78 is 15.1. The average molecular weight is 361 g/mol. The number of benzene rings is 1. The third-order valence-corrected chi connectivity index (χ3v) is 4.94. The van der Waals surface area contributed by atoms with Gasteiger partial charge in [0.15, 0.2) is 5.65 Å². The topological polar surface area (TPSA) is 62.5 Å². The zero-order chi connectivity index (χ0) is 17.4. The highest BCUT2D eigenvalue weighted by Crippen LogP contribution is 2.28. The van der Waals surface area contributed by atoms with Gasteiger partial charge >= 0.3 is 0 Å². The first-order chi connectivity index (χ1) is 12.1. The van der Waals surface area contributed by atoms with E-state index in [2.05, 4.69) is 15.4 Å². The van der Waals surface area contributed by atoms with E-state index in [0.717, 1.165) is 42.6 Å². The van der Waals surface area contributed by atoms with E-state index in [4.69, 9.17) is 11.6 Å². The first kappa shape index (κ1) is 16.3. The number of hydrogen-bond donors (Lipinski definition) is 2. The number of fused-ring (bicyclic) bond motifs is 1. The zero-order valence-corrected chi connectivity index (χ0v) is 14.2. The number of anilines is 1. The van der Waals surface area contributed by atoms with Crippen molar-refractivity contribution in [2.75, 3.05) is 5.32 Å². The van der Waals surface area contributed by atoms with Crippen molar-refractivity contribution in [2.24, 2.45) is 0 Å². The number of aliphatic hydroxyl groups excluding tert-OH is 1. The van der Waals surface area contributed by atoms with Gasteiger partial charge < -0.3 is 10.4 Å². The van der Waals surface area contributed by atoms with Crippen molar-refractivity contribution in [3.8, 4) is 11.1 Å². The van der Waals surface area contributed by atoms with Gasteiger partial charge in [0.1, 0.15) is 11.6 Å². The average Bonchev–Trinajstić information content (AvgIpc) is 3.03. The van der Waals surface area contributed by atoms with E-state index in [9.17, 15) is 9.50 Å². The Morgan fingerprint density at radius 1 is 1.20 bits per heavy atom. The molecule has 0 aliphatic heterocycles. The number of rotatable bonds is 3. The van der Waals surface area contributed by atoms with Gasteiger partial charge in [0.25, 0.3) is 0 Å². The normalized spacial score (nSPS) is 20.8. The van der Waals surface area contributed by atoms with Gasteiger partial charge in [0.2, 0.25) is 0 Å². The van der Waals surface area contributed by atoms with Crippen molar-refractivity contribution in [1.29, 1.82) is 0 Å². The fourth-order valence-electron chi connectivity index (χ4n) is 3.25. The molecule has 1 fully saturated rings. The summed E-state index contributed by atoms with van der Waals surface area (Å²) in [6, 6.07) is 6.79. The monoisotopic (exact) mass is 360 g/mol. The van der Waals surface area contributed by atoms with Crippen LogP contribution in [0.2, 0.25) is 5.02 Å². The summed E-state index contributed by atoms with van der Waals surface area (Å²) in [5.74, 6) is 0.320. The predicted molar refractivity (Wildman–Crippen MR) is 95.3 cm³/mol. The third kappa shape index (κ3) is 3.32. The second-order valence-electron chi connectivity index (χ2n) is 6.42. The van der Waals surface area contributed by atoms with Gasteiger partial charge in [-0.3, -0.25) is 0 Å². The van der Waals surface area contributed by atoms with E-state index in [0.29, 0.717) is 11.7 Å². The molecule has 0 radical (unpaired) electrons. The highest BCUT2D eigenvalue weighted by Gasteiger charge is 2.20. The van der Waals surface area contributed by atoms with Crippen LogP contribution in [0, 0.1) is 5.82 Å². The molecule has 1 saturated carbocycles. The summed E-state index contributed by atoms with van der Waals surface area (Å²) in [5.41, 5.74) is 2.25. The highest BCUT2D eigenvalue weighted by molar-refractivity contribution is 6.31. The molecular formula is C18H18ClFN4O. The van der Waals surface area contributed by atoms with E-state index in [1.165, 1.54) is 6.07 Å². The van der Waals surface area contributed by atoms with E-state index < -0.39 is 5.82 Å². The van der Waals surface area contributed by atoms with E-state index in [1.807, 2.05) is 12.3 Å². The summed E-state index contributed by atoms with van der Waals surface area (Å²) >= 11 is 5.90. The Bertz CT molecular complexity index is 905. The molecule has 130 valence electrons. The van der Waals surface area contributed by atoms with Gasteiger partial charge in [0, 0.05) is 17.8 Å². The van der Waals surface area contributed by atoms with Crippen LogP contribution in [0.25, 0.3) is 16.8 Å². The predicted octanol–water partition coefficient (Wildman–Crippen LogP) is 3.90. The molecule has 1 aliphatic carbocycles. The van der Waals surface area contributed by atoms with Crippen LogP contribution in [0.4, 0.5) is 10.2 Å². The van der Waals surface area contributed by atoms with E-state index in [1.54, 1.807) is 22.8 Å². The van der Waals surface area contributed by atoms with Gasteiger partial charge in [0.05, 0.1) is 17.3 Å². The molecule has 0 unspecified atom stereocenters. The quantitative estimate of drug-likeness (QED) is 0.743. The molecule has 0 spiro atoms. The maximum atomic E-state index is 13.4. The standard InChI is InChI=1S/C18H18ClFN4O/c19-15-9-11(1-6-16(15)20)14-10-21-24-8-7-17(23-18(14)24)22-12-2-4-13(25)5-3-12/h1,6-10,12-13,25H,2-5H2,(H,22,23). The number of halogens is 2.